The van der Waals surface area contributed by atoms with Crippen LogP contribution in [-0.4, -0.2) is 54.6 Å². The van der Waals surface area contributed by atoms with Crippen molar-refractivity contribution in [2.24, 2.45) is 11.0 Å². The summed E-state index contributed by atoms with van der Waals surface area (Å²) in [4.78, 5) is 26.4. The first kappa shape index (κ1) is 21.4. The first-order valence-electron chi connectivity index (χ1n) is 9.22. The molecular formula is C21H21F3N4O2. The minimum absolute atomic E-state index is 0.122. The fourth-order valence-electron chi connectivity index (χ4n) is 3.14. The van der Waals surface area contributed by atoms with Gasteiger partial charge in [-0.05, 0) is 29.8 Å². The number of anilines is 1. The Morgan fingerprint density at radius 2 is 1.73 bits per heavy atom. The maximum atomic E-state index is 12.6. The van der Waals surface area contributed by atoms with E-state index in [4.69, 9.17) is 0 Å². The molecule has 2 aromatic rings. The Balaban J connectivity index is 1.70. The van der Waals surface area contributed by atoms with Crippen LogP contribution in [0.25, 0.3) is 0 Å². The molecule has 0 fully saturated rings. The van der Waals surface area contributed by atoms with Crippen LogP contribution in [0.5, 0.6) is 0 Å². The molecule has 1 heterocycles. The maximum absolute atomic E-state index is 12.6. The smallest absolute Gasteiger partial charge is 0.348 e. The number of benzene rings is 2. The summed E-state index contributed by atoms with van der Waals surface area (Å²) in [5.74, 6) is -1.08. The van der Waals surface area contributed by atoms with Gasteiger partial charge in [-0.1, -0.05) is 30.3 Å². The van der Waals surface area contributed by atoms with Crippen molar-refractivity contribution >= 4 is 23.2 Å². The van der Waals surface area contributed by atoms with Gasteiger partial charge in [-0.2, -0.15) is 18.3 Å². The van der Waals surface area contributed by atoms with E-state index in [0.29, 0.717) is 5.71 Å². The van der Waals surface area contributed by atoms with Gasteiger partial charge in [0.2, 0.25) is 11.8 Å². The molecule has 1 N–H and O–H groups in total. The van der Waals surface area contributed by atoms with E-state index < -0.39 is 23.6 Å². The van der Waals surface area contributed by atoms with Crippen molar-refractivity contribution in [3.8, 4) is 0 Å². The molecule has 0 spiro atoms. The van der Waals surface area contributed by atoms with Crippen LogP contribution in [0.4, 0.5) is 18.9 Å². The van der Waals surface area contributed by atoms with E-state index in [9.17, 15) is 22.8 Å². The lowest BCUT2D eigenvalue weighted by atomic mass is 9.96. The summed E-state index contributed by atoms with van der Waals surface area (Å²) in [6.45, 7) is 0.107. The molecule has 1 unspecified atom stereocenters. The molecular weight excluding hydrogens is 397 g/mol. The van der Waals surface area contributed by atoms with Crippen LogP contribution in [0.15, 0.2) is 59.7 Å². The summed E-state index contributed by atoms with van der Waals surface area (Å²) in [5.41, 5.74) is 0.836. The Morgan fingerprint density at radius 1 is 1.10 bits per heavy atom. The molecule has 1 atom stereocenters. The molecule has 0 radical (unpaired) electrons. The minimum atomic E-state index is -4.44. The van der Waals surface area contributed by atoms with E-state index in [-0.39, 0.29) is 24.7 Å². The Kier molecular flexibility index (Phi) is 6.09. The normalized spacial score (nSPS) is 16.2. The molecule has 0 saturated carbocycles. The minimum Gasteiger partial charge on any atom is -0.348 e. The number of halogens is 3. The summed E-state index contributed by atoms with van der Waals surface area (Å²) < 4.78 is 37.9. The van der Waals surface area contributed by atoms with Gasteiger partial charge < -0.3 is 10.2 Å². The van der Waals surface area contributed by atoms with Crippen LogP contribution >= 0.6 is 0 Å². The molecule has 9 heteroatoms. The summed E-state index contributed by atoms with van der Waals surface area (Å²) in [7, 11) is 3.32. The van der Waals surface area contributed by atoms with Crippen molar-refractivity contribution in [1.29, 1.82) is 0 Å². The zero-order chi connectivity index (χ0) is 21.9. The Hall–Kier alpha value is -3.36. The SMILES string of the molecule is CN(C)C(=O)C1CN(CC(=O)Nc2ccc(C(F)(F)F)cc2)N=C1c1ccccc1. The van der Waals surface area contributed by atoms with Gasteiger partial charge in [-0.25, -0.2) is 0 Å². The molecule has 2 amide bonds. The Morgan fingerprint density at radius 3 is 2.30 bits per heavy atom. The van der Waals surface area contributed by atoms with Crippen molar-refractivity contribution in [3.05, 3.63) is 65.7 Å². The number of rotatable bonds is 5. The number of carbonyl (C=O) groups is 2. The van der Waals surface area contributed by atoms with Crippen LogP contribution < -0.4 is 5.32 Å². The summed E-state index contributed by atoms with van der Waals surface area (Å²) in [6, 6.07) is 13.4. The van der Waals surface area contributed by atoms with Gasteiger partial charge in [0.1, 0.15) is 12.5 Å². The van der Waals surface area contributed by atoms with Crippen LogP contribution in [-0.2, 0) is 15.8 Å². The first-order chi connectivity index (χ1) is 14.1. The van der Waals surface area contributed by atoms with Crippen LogP contribution in [0.2, 0.25) is 0 Å². The number of hydrogen-bond acceptors (Lipinski definition) is 4. The predicted octanol–water partition coefficient (Wildman–Crippen LogP) is 3.07. The van der Waals surface area contributed by atoms with Gasteiger partial charge in [0.25, 0.3) is 0 Å². The second kappa shape index (κ2) is 8.56. The van der Waals surface area contributed by atoms with Crippen molar-refractivity contribution in [2.45, 2.75) is 6.18 Å². The van der Waals surface area contributed by atoms with Gasteiger partial charge in [0.05, 0.1) is 17.8 Å². The third kappa shape index (κ3) is 4.97. The van der Waals surface area contributed by atoms with Crippen molar-refractivity contribution in [2.75, 3.05) is 32.5 Å². The van der Waals surface area contributed by atoms with E-state index >= 15 is 0 Å². The Labute approximate surface area is 172 Å². The molecule has 0 aliphatic carbocycles. The number of amides is 2. The molecule has 3 rings (SSSR count). The highest BCUT2D eigenvalue weighted by atomic mass is 19.4. The van der Waals surface area contributed by atoms with E-state index in [0.717, 1.165) is 17.7 Å². The molecule has 6 nitrogen and oxygen atoms in total. The average Bonchev–Trinajstić information content (AvgIpc) is 3.11. The lowest BCUT2D eigenvalue weighted by molar-refractivity contribution is -0.137. The quantitative estimate of drug-likeness (QED) is 0.812. The molecule has 1 aliphatic rings. The number of nitrogens with zero attached hydrogens (tertiary/aromatic N) is 3. The van der Waals surface area contributed by atoms with Crippen molar-refractivity contribution in [1.82, 2.24) is 9.91 Å². The van der Waals surface area contributed by atoms with Gasteiger partial charge in [-0.3, -0.25) is 14.6 Å². The third-order valence-electron chi connectivity index (χ3n) is 4.60. The fraction of sp³-hybridized carbons (Fsp3) is 0.286. The Bertz CT molecular complexity index is 941. The van der Waals surface area contributed by atoms with Gasteiger partial charge in [0, 0.05) is 19.8 Å². The van der Waals surface area contributed by atoms with E-state index in [2.05, 4.69) is 10.4 Å². The highest BCUT2D eigenvalue weighted by Gasteiger charge is 2.35. The molecule has 0 bridgehead atoms. The second-order valence-corrected chi connectivity index (χ2v) is 7.11. The predicted molar refractivity (Wildman–Crippen MR) is 107 cm³/mol. The molecule has 0 saturated heterocycles. The van der Waals surface area contributed by atoms with Crippen LogP contribution in [0.3, 0.4) is 0 Å². The van der Waals surface area contributed by atoms with Gasteiger partial charge in [-0.15, -0.1) is 0 Å². The first-order valence-corrected chi connectivity index (χ1v) is 9.22. The largest absolute Gasteiger partial charge is 0.416 e. The fourth-order valence-corrected chi connectivity index (χ4v) is 3.14. The number of alkyl halides is 3. The summed E-state index contributed by atoms with van der Waals surface area (Å²) >= 11 is 0. The van der Waals surface area contributed by atoms with E-state index in [1.54, 1.807) is 14.1 Å². The lowest BCUT2D eigenvalue weighted by Crippen LogP contribution is -2.37. The standard InChI is InChI=1S/C21H21F3N4O2/c1-27(2)20(30)17-12-28(26-19(17)14-6-4-3-5-7-14)13-18(29)25-16-10-8-15(9-11-16)21(22,23)24/h3-11,17H,12-13H2,1-2H3,(H,25,29). The van der Waals surface area contributed by atoms with Crippen LogP contribution in [0.1, 0.15) is 11.1 Å². The highest BCUT2D eigenvalue weighted by Crippen LogP contribution is 2.29. The zero-order valence-electron chi connectivity index (χ0n) is 16.5. The summed E-state index contributed by atoms with van der Waals surface area (Å²) in [6.07, 6.45) is -4.44. The highest BCUT2D eigenvalue weighted by molar-refractivity contribution is 6.14. The van der Waals surface area contributed by atoms with E-state index in [1.165, 1.54) is 22.0 Å². The second-order valence-electron chi connectivity index (χ2n) is 7.11. The maximum Gasteiger partial charge on any atom is 0.416 e. The molecule has 1 aliphatic heterocycles. The van der Waals surface area contributed by atoms with Gasteiger partial charge in [0.15, 0.2) is 0 Å². The molecule has 158 valence electrons. The van der Waals surface area contributed by atoms with Crippen molar-refractivity contribution in [3.63, 3.8) is 0 Å². The third-order valence-corrected chi connectivity index (χ3v) is 4.60. The number of carbonyl (C=O) groups excluding carboxylic acids is 2. The monoisotopic (exact) mass is 418 g/mol. The summed E-state index contributed by atoms with van der Waals surface area (Å²) in [5, 5.41) is 8.51. The molecule has 0 aromatic heterocycles. The average molecular weight is 418 g/mol. The number of hydrazone groups is 1. The zero-order valence-corrected chi connectivity index (χ0v) is 16.5. The lowest BCUT2D eigenvalue weighted by Gasteiger charge is -2.19. The van der Waals surface area contributed by atoms with Crippen molar-refractivity contribution < 1.29 is 22.8 Å². The number of hydrogen-bond donors (Lipinski definition) is 1. The topological polar surface area (TPSA) is 65.0 Å². The van der Waals surface area contributed by atoms with Crippen LogP contribution in [0, 0.1) is 5.92 Å². The molecule has 2 aromatic carbocycles. The van der Waals surface area contributed by atoms with Gasteiger partial charge >= 0.3 is 6.18 Å². The number of nitrogens with one attached hydrogen (secondary N) is 1. The van der Waals surface area contributed by atoms with E-state index in [1.807, 2.05) is 30.3 Å². The molecule has 30 heavy (non-hydrogen) atoms.